The van der Waals surface area contributed by atoms with E-state index < -0.39 is 5.60 Å². The predicted molar refractivity (Wildman–Crippen MR) is 117 cm³/mol. The van der Waals surface area contributed by atoms with Crippen LogP contribution in [0, 0.1) is 0 Å². The van der Waals surface area contributed by atoms with Crippen LogP contribution >= 0.6 is 11.6 Å². The topological polar surface area (TPSA) is 67.6 Å². The number of hydrogen-bond acceptors (Lipinski definition) is 4. The van der Waals surface area contributed by atoms with E-state index in [-0.39, 0.29) is 18.2 Å². The van der Waals surface area contributed by atoms with Crippen LogP contribution in [0.25, 0.3) is 0 Å². The standard InChI is InChI=1S/C23H28ClN3O2/c1-23(2)21(15-6-4-3-5-7-15)27(22(28)29-23)18-11-9-17(10-12-18)26-20-13-8-16(24)14-19(20)25/h3-8,13-14,17-18,21,26H,9-12,25H2,1-2H3. The van der Waals surface area contributed by atoms with Crippen molar-refractivity contribution in [2.45, 2.75) is 63.3 Å². The second kappa shape index (κ2) is 7.79. The van der Waals surface area contributed by atoms with E-state index in [1.807, 2.05) is 49.1 Å². The summed E-state index contributed by atoms with van der Waals surface area (Å²) < 4.78 is 5.77. The average Bonchev–Trinajstić information content (AvgIpc) is 2.93. The van der Waals surface area contributed by atoms with Gasteiger partial charge in [-0.05, 0) is 63.3 Å². The molecule has 2 fully saturated rings. The van der Waals surface area contributed by atoms with Gasteiger partial charge in [-0.15, -0.1) is 0 Å². The SMILES string of the molecule is CC1(C)OC(=O)N(C2CCC(Nc3ccc(Cl)cc3N)CC2)C1c1ccccc1. The first-order chi connectivity index (χ1) is 13.8. The molecule has 0 aromatic heterocycles. The van der Waals surface area contributed by atoms with E-state index in [1.165, 1.54) is 0 Å². The van der Waals surface area contributed by atoms with E-state index in [2.05, 4.69) is 17.4 Å². The first kappa shape index (κ1) is 19.9. The second-order valence-electron chi connectivity index (χ2n) is 8.57. The third-order valence-electron chi connectivity index (χ3n) is 6.08. The summed E-state index contributed by atoms with van der Waals surface area (Å²) in [5.41, 5.74) is 8.23. The Kier molecular flexibility index (Phi) is 5.34. The van der Waals surface area contributed by atoms with E-state index in [9.17, 15) is 4.79 Å². The van der Waals surface area contributed by atoms with Crippen LogP contribution in [0.5, 0.6) is 0 Å². The van der Waals surface area contributed by atoms with Crippen LogP contribution in [0.4, 0.5) is 16.2 Å². The highest BCUT2D eigenvalue weighted by Crippen LogP contribution is 2.44. The van der Waals surface area contributed by atoms with Crippen molar-refractivity contribution < 1.29 is 9.53 Å². The predicted octanol–water partition coefficient (Wildman–Crippen LogP) is 5.62. The van der Waals surface area contributed by atoms with Gasteiger partial charge in [-0.2, -0.15) is 0 Å². The van der Waals surface area contributed by atoms with Gasteiger partial charge in [0.15, 0.2) is 0 Å². The van der Waals surface area contributed by atoms with Crippen LogP contribution in [0.3, 0.4) is 0 Å². The maximum Gasteiger partial charge on any atom is 0.411 e. The first-order valence-corrected chi connectivity index (χ1v) is 10.6. The van der Waals surface area contributed by atoms with Gasteiger partial charge >= 0.3 is 6.09 Å². The molecule has 1 aliphatic heterocycles. The number of benzene rings is 2. The van der Waals surface area contributed by atoms with Crippen molar-refractivity contribution in [2.24, 2.45) is 0 Å². The molecule has 2 aromatic rings. The van der Waals surface area contributed by atoms with Gasteiger partial charge in [0.2, 0.25) is 0 Å². The number of anilines is 2. The molecule has 3 N–H and O–H groups in total. The molecule has 1 saturated heterocycles. The van der Waals surface area contributed by atoms with Crippen LogP contribution in [-0.4, -0.2) is 28.7 Å². The summed E-state index contributed by atoms with van der Waals surface area (Å²) in [5.74, 6) is 0. The molecule has 0 radical (unpaired) electrons. The normalized spacial score (nSPS) is 26.2. The number of ether oxygens (including phenoxy) is 1. The van der Waals surface area contributed by atoms with Crippen molar-refractivity contribution in [3.63, 3.8) is 0 Å². The molecule has 0 spiro atoms. The van der Waals surface area contributed by atoms with E-state index in [0.717, 1.165) is 36.9 Å². The molecule has 29 heavy (non-hydrogen) atoms. The number of carbonyl (C=O) groups is 1. The number of nitrogen functional groups attached to an aromatic ring is 1. The molecular weight excluding hydrogens is 386 g/mol. The number of nitrogens with two attached hydrogens (primary N) is 1. The van der Waals surface area contributed by atoms with Gasteiger partial charge in [-0.1, -0.05) is 41.9 Å². The highest BCUT2D eigenvalue weighted by molar-refractivity contribution is 6.31. The molecule has 1 heterocycles. The van der Waals surface area contributed by atoms with Crippen LogP contribution in [0.2, 0.25) is 5.02 Å². The number of rotatable bonds is 4. The van der Waals surface area contributed by atoms with Crippen molar-refractivity contribution in [2.75, 3.05) is 11.1 Å². The maximum absolute atomic E-state index is 12.8. The third kappa shape index (κ3) is 4.01. The van der Waals surface area contributed by atoms with Gasteiger partial charge in [0.25, 0.3) is 0 Å². The first-order valence-electron chi connectivity index (χ1n) is 10.2. The zero-order chi connectivity index (χ0) is 20.6. The van der Waals surface area contributed by atoms with Gasteiger partial charge in [0.05, 0.1) is 17.4 Å². The quantitative estimate of drug-likeness (QED) is 0.638. The summed E-state index contributed by atoms with van der Waals surface area (Å²) in [6.45, 7) is 4.00. The second-order valence-corrected chi connectivity index (χ2v) is 9.01. The molecule has 0 bridgehead atoms. The lowest BCUT2D eigenvalue weighted by molar-refractivity contribution is 0.0664. The fourth-order valence-electron chi connectivity index (χ4n) is 4.71. The van der Waals surface area contributed by atoms with Gasteiger partial charge in [0.1, 0.15) is 5.60 Å². The van der Waals surface area contributed by atoms with Gasteiger partial charge in [-0.3, -0.25) is 4.90 Å². The average molecular weight is 414 g/mol. The number of nitrogens with zero attached hydrogens (tertiary/aromatic N) is 1. The summed E-state index contributed by atoms with van der Waals surface area (Å²) in [7, 11) is 0. The molecule has 1 saturated carbocycles. The monoisotopic (exact) mass is 413 g/mol. The molecule has 2 aromatic carbocycles. The molecule has 1 aliphatic carbocycles. The van der Waals surface area contributed by atoms with Crippen molar-refractivity contribution in [3.05, 3.63) is 59.1 Å². The van der Waals surface area contributed by atoms with E-state index in [4.69, 9.17) is 22.1 Å². The zero-order valence-electron chi connectivity index (χ0n) is 16.9. The van der Waals surface area contributed by atoms with Gasteiger partial charge in [-0.25, -0.2) is 4.79 Å². The number of hydrogen-bond donors (Lipinski definition) is 2. The summed E-state index contributed by atoms with van der Waals surface area (Å²) in [4.78, 5) is 14.8. The van der Waals surface area contributed by atoms with Crippen LogP contribution in [0.15, 0.2) is 48.5 Å². The molecule has 1 unspecified atom stereocenters. The number of halogens is 1. The molecule has 6 heteroatoms. The Labute approximate surface area is 177 Å². The number of carbonyl (C=O) groups excluding carboxylic acids is 1. The fraction of sp³-hybridized carbons (Fsp3) is 0.435. The summed E-state index contributed by atoms with van der Waals surface area (Å²) in [5, 5.41) is 4.18. The Morgan fingerprint density at radius 3 is 2.45 bits per heavy atom. The molecule has 1 amide bonds. The smallest absolute Gasteiger partial charge is 0.411 e. The van der Waals surface area contributed by atoms with E-state index in [0.29, 0.717) is 16.8 Å². The van der Waals surface area contributed by atoms with Gasteiger partial charge < -0.3 is 15.8 Å². The maximum atomic E-state index is 12.8. The Morgan fingerprint density at radius 1 is 1.10 bits per heavy atom. The minimum Gasteiger partial charge on any atom is -0.441 e. The molecule has 5 nitrogen and oxygen atoms in total. The minimum atomic E-state index is -0.550. The highest BCUT2D eigenvalue weighted by Gasteiger charge is 2.51. The summed E-state index contributed by atoms with van der Waals surface area (Å²) >= 11 is 6.00. The van der Waals surface area contributed by atoms with Crippen molar-refractivity contribution in [1.29, 1.82) is 0 Å². The Morgan fingerprint density at radius 2 is 1.79 bits per heavy atom. The zero-order valence-corrected chi connectivity index (χ0v) is 17.7. The number of amides is 1. The van der Waals surface area contributed by atoms with Gasteiger partial charge in [0, 0.05) is 17.1 Å². The lowest BCUT2D eigenvalue weighted by Gasteiger charge is -2.38. The van der Waals surface area contributed by atoms with Crippen LogP contribution in [-0.2, 0) is 4.74 Å². The minimum absolute atomic E-state index is 0.0716. The molecular formula is C23H28ClN3O2. The Balaban J connectivity index is 1.46. The van der Waals surface area contributed by atoms with Crippen LogP contribution < -0.4 is 11.1 Å². The molecule has 2 aliphatic rings. The van der Waals surface area contributed by atoms with Crippen LogP contribution in [0.1, 0.15) is 51.1 Å². The summed E-state index contributed by atoms with van der Waals surface area (Å²) in [6, 6.07) is 16.2. The summed E-state index contributed by atoms with van der Waals surface area (Å²) in [6.07, 6.45) is 3.60. The van der Waals surface area contributed by atoms with E-state index >= 15 is 0 Å². The van der Waals surface area contributed by atoms with Crippen molar-refractivity contribution >= 4 is 29.1 Å². The van der Waals surface area contributed by atoms with E-state index in [1.54, 1.807) is 6.07 Å². The number of cyclic esters (lactones) is 1. The molecule has 1 atom stereocenters. The highest BCUT2D eigenvalue weighted by atomic mass is 35.5. The largest absolute Gasteiger partial charge is 0.441 e. The Hall–Kier alpha value is -2.40. The third-order valence-corrected chi connectivity index (χ3v) is 6.31. The fourth-order valence-corrected chi connectivity index (χ4v) is 4.89. The van der Waals surface area contributed by atoms with Crippen molar-refractivity contribution in [3.8, 4) is 0 Å². The number of nitrogens with one attached hydrogen (secondary N) is 1. The molecule has 154 valence electrons. The Bertz CT molecular complexity index is 879. The van der Waals surface area contributed by atoms with Crippen molar-refractivity contribution in [1.82, 2.24) is 4.90 Å². The lowest BCUT2D eigenvalue weighted by atomic mass is 9.86. The molecule has 4 rings (SSSR count). The lowest BCUT2D eigenvalue weighted by Crippen LogP contribution is -2.44.